The Labute approximate surface area is 162 Å². The molecule has 3 aromatic rings. The number of carbonyl (C=O) groups excluding carboxylic acids is 1. The van der Waals surface area contributed by atoms with Crippen molar-refractivity contribution in [1.82, 2.24) is 0 Å². The van der Waals surface area contributed by atoms with E-state index in [-0.39, 0.29) is 40.0 Å². The average Bonchev–Trinajstić information content (AvgIpc) is 2.55. The van der Waals surface area contributed by atoms with Gasteiger partial charge in [-0.1, -0.05) is 66.7 Å². The van der Waals surface area contributed by atoms with E-state index in [0.29, 0.717) is 5.39 Å². The minimum atomic E-state index is -4.13. The van der Waals surface area contributed by atoms with E-state index in [1.807, 2.05) is 6.07 Å². The molecule has 0 aliphatic heterocycles. The first-order valence-corrected chi connectivity index (χ1v) is 8.05. The van der Waals surface area contributed by atoms with Gasteiger partial charge in [-0.2, -0.15) is 8.42 Å². The second-order valence-electron chi connectivity index (χ2n) is 4.61. The third-order valence-electron chi connectivity index (χ3n) is 3.04. The number of hydrogen-bond acceptors (Lipinski definition) is 4. The van der Waals surface area contributed by atoms with Crippen molar-refractivity contribution in [2.75, 3.05) is 0 Å². The summed E-state index contributed by atoms with van der Waals surface area (Å²) in [6.07, 6.45) is 0. The standard InChI is InChI=1S/C10H8O3S.C7H6O2.Na/c11-14(12,13)10-7-3-5-8-4-1-2-6-9(8)10;8-7(9)6-4-2-1-3-5-6;/h1-7H,(H,11,12,13);1-5H,(H,8,9);/q;;+1/p-1. The summed E-state index contributed by atoms with van der Waals surface area (Å²) in [5, 5.41) is 11.4. The Bertz CT molecular complexity index is 919. The normalized spacial score (nSPS) is 10.2. The monoisotopic (exact) mass is 352 g/mol. The molecule has 0 aromatic heterocycles. The van der Waals surface area contributed by atoms with Gasteiger partial charge < -0.3 is 9.90 Å². The fraction of sp³-hybridized carbons (Fsp3) is 0. The number of carbonyl (C=O) groups is 1. The second kappa shape index (κ2) is 8.96. The van der Waals surface area contributed by atoms with E-state index in [9.17, 15) is 18.3 Å². The maximum Gasteiger partial charge on any atom is 1.00 e. The van der Waals surface area contributed by atoms with Gasteiger partial charge in [-0.3, -0.25) is 4.55 Å². The third kappa shape index (κ3) is 5.43. The Morgan fingerprint density at radius 2 is 1.38 bits per heavy atom. The summed E-state index contributed by atoms with van der Waals surface area (Å²) in [5.74, 6) is -1.13. The van der Waals surface area contributed by atoms with Crippen molar-refractivity contribution in [3.63, 3.8) is 0 Å². The molecule has 0 spiro atoms. The summed E-state index contributed by atoms with van der Waals surface area (Å²) in [4.78, 5) is 10.0. The summed E-state index contributed by atoms with van der Waals surface area (Å²) in [5.41, 5.74) is 0.220. The number of carboxylic acid groups (broad SMARTS) is 1. The van der Waals surface area contributed by atoms with E-state index >= 15 is 0 Å². The van der Waals surface area contributed by atoms with Gasteiger partial charge in [0.1, 0.15) is 4.90 Å². The third-order valence-corrected chi connectivity index (χ3v) is 3.95. The van der Waals surface area contributed by atoms with Gasteiger partial charge in [-0.25, -0.2) is 0 Å². The summed E-state index contributed by atoms with van der Waals surface area (Å²) >= 11 is 0. The molecule has 1 N–H and O–H groups in total. The van der Waals surface area contributed by atoms with Gasteiger partial charge in [0.15, 0.2) is 0 Å². The molecule has 0 bridgehead atoms. The van der Waals surface area contributed by atoms with Gasteiger partial charge in [-0.15, -0.1) is 0 Å². The molecule has 0 heterocycles. The molecule has 0 saturated heterocycles. The first-order valence-electron chi connectivity index (χ1n) is 6.61. The number of rotatable bonds is 2. The second-order valence-corrected chi connectivity index (χ2v) is 6.00. The molecule has 0 fully saturated rings. The van der Waals surface area contributed by atoms with Crippen LogP contribution >= 0.6 is 0 Å². The van der Waals surface area contributed by atoms with Gasteiger partial charge in [0.05, 0.1) is 5.97 Å². The molecule has 118 valence electrons. The van der Waals surface area contributed by atoms with E-state index in [4.69, 9.17) is 4.55 Å². The molecule has 0 amide bonds. The van der Waals surface area contributed by atoms with Crippen LogP contribution in [-0.2, 0) is 10.1 Å². The molecule has 24 heavy (non-hydrogen) atoms. The maximum atomic E-state index is 11.0. The summed E-state index contributed by atoms with van der Waals surface area (Å²) in [6.45, 7) is 0. The number of carboxylic acids is 1. The van der Waals surface area contributed by atoms with Gasteiger partial charge in [0.25, 0.3) is 10.1 Å². The number of benzene rings is 3. The van der Waals surface area contributed by atoms with Crippen molar-refractivity contribution < 1.29 is 52.4 Å². The molecule has 3 aromatic carbocycles. The van der Waals surface area contributed by atoms with Crippen LogP contribution in [0, 0.1) is 0 Å². The maximum absolute atomic E-state index is 11.0. The Morgan fingerprint density at radius 3 is 1.92 bits per heavy atom. The van der Waals surface area contributed by atoms with Crippen molar-refractivity contribution in [2.24, 2.45) is 0 Å². The van der Waals surface area contributed by atoms with Crippen LogP contribution in [0.1, 0.15) is 10.4 Å². The smallest absolute Gasteiger partial charge is 0.545 e. The minimum absolute atomic E-state index is 0. The van der Waals surface area contributed by atoms with Crippen LogP contribution in [0.2, 0.25) is 0 Å². The largest absolute Gasteiger partial charge is 1.00 e. The Balaban J connectivity index is 0.000000252. The first kappa shape index (κ1) is 20.3. The van der Waals surface area contributed by atoms with Crippen molar-refractivity contribution in [3.8, 4) is 0 Å². The van der Waals surface area contributed by atoms with Crippen LogP contribution < -0.4 is 34.7 Å². The number of hydrogen-bond donors (Lipinski definition) is 1. The summed E-state index contributed by atoms with van der Waals surface area (Å²) < 4.78 is 31.0. The van der Waals surface area contributed by atoms with Crippen LogP contribution in [0.25, 0.3) is 10.8 Å². The van der Waals surface area contributed by atoms with Gasteiger partial charge in [-0.05, 0) is 17.0 Å². The SMILES string of the molecule is O=C([O-])c1ccccc1.O=S(=O)(O)c1cccc2ccccc12.[Na+]. The van der Waals surface area contributed by atoms with E-state index in [1.54, 1.807) is 48.5 Å². The number of aromatic carboxylic acids is 1. The molecule has 0 saturated carbocycles. The molecule has 5 nitrogen and oxygen atoms in total. The van der Waals surface area contributed by atoms with Gasteiger partial charge in [0.2, 0.25) is 0 Å². The van der Waals surface area contributed by atoms with Crippen LogP contribution in [0.3, 0.4) is 0 Å². The molecule has 0 aliphatic rings. The van der Waals surface area contributed by atoms with Crippen LogP contribution in [0.4, 0.5) is 0 Å². The molecular weight excluding hydrogens is 339 g/mol. The predicted molar refractivity (Wildman–Crippen MR) is 84.5 cm³/mol. The van der Waals surface area contributed by atoms with Gasteiger partial charge in [0, 0.05) is 5.39 Å². The van der Waals surface area contributed by atoms with Crippen molar-refractivity contribution in [3.05, 3.63) is 78.4 Å². The molecule has 7 heteroatoms. The average molecular weight is 352 g/mol. The molecule has 3 rings (SSSR count). The fourth-order valence-electron chi connectivity index (χ4n) is 1.99. The van der Waals surface area contributed by atoms with E-state index in [0.717, 1.165) is 5.39 Å². The zero-order chi connectivity index (χ0) is 16.9. The molecule has 0 radical (unpaired) electrons. The van der Waals surface area contributed by atoms with Crippen molar-refractivity contribution in [1.29, 1.82) is 0 Å². The van der Waals surface area contributed by atoms with E-state index in [1.165, 1.54) is 18.2 Å². The Kier molecular flexibility index (Phi) is 7.59. The van der Waals surface area contributed by atoms with E-state index in [2.05, 4.69) is 0 Å². The zero-order valence-corrected chi connectivity index (χ0v) is 15.7. The molecule has 0 atom stereocenters. The zero-order valence-electron chi connectivity index (χ0n) is 12.9. The van der Waals surface area contributed by atoms with E-state index < -0.39 is 16.1 Å². The summed E-state index contributed by atoms with van der Waals surface area (Å²) in [6, 6.07) is 19.9. The first-order chi connectivity index (χ1) is 10.9. The molecular formula is C17H13NaO5S. The van der Waals surface area contributed by atoms with Crippen LogP contribution in [-0.4, -0.2) is 18.9 Å². The quantitative estimate of drug-likeness (QED) is 0.478. The van der Waals surface area contributed by atoms with Gasteiger partial charge >= 0.3 is 29.6 Å². The fourth-order valence-corrected chi connectivity index (χ4v) is 2.71. The van der Waals surface area contributed by atoms with Crippen molar-refractivity contribution >= 4 is 26.9 Å². The Morgan fingerprint density at radius 1 is 0.833 bits per heavy atom. The van der Waals surface area contributed by atoms with Crippen LogP contribution in [0.15, 0.2) is 77.7 Å². The van der Waals surface area contributed by atoms with Crippen molar-refractivity contribution in [2.45, 2.75) is 4.90 Å². The topological polar surface area (TPSA) is 94.5 Å². The number of fused-ring (bicyclic) bond motifs is 1. The Hall–Kier alpha value is -1.70. The predicted octanol–water partition coefficient (Wildman–Crippen LogP) is -0.859. The van der Waals surface area contributed by atoms with Crippen LogP contribution in [0.5, 0.6) is 0 Å². The minimum Gasteiger partial charge on any atom is -0.545 e. The molecule has 0 aliphatic carbocycles. The summed E-state index contributed by atoms with van der Waals surface area (Å²) in [7, 11) is -4.13. The molecule has 0 unspecified atom stereocenters.